The van der Waals surface area contributed by atoms with E-state index >= 15 is 0 Å². The molecule has 4 aromatic heterocycles. The minimum atomic E-state index is -0.731. The van der Waals surface area contributed by atoms with Crippen molar-refractivity contribution in [3.8, 4) is 0 Å². The average molecular weight is 1040 g/mol. The molecule has 2 N–H and O–H groups in total. The number of fused-ring (bicyclic) bond motifs is 2. The van der Waals surface area contributed by atoms with Gasteiger partial charge in [-0.2, -0.15) is 10.2 Å². The van der Waals surface area contributed by atoms with Gasteiger partial charge in [-0.3, -0.25) is 9.69 Å². The molecular weight excluding hydrogens is 980 g/mol. The maximum absolute atomic E-state index is 11.3. The topological polar surface area (TPSA) is 154 Å². The van der Waals surface area contributed by atoms with Crippen LogP contribution < -0.4 is 4.90 Å². The number of allylic oxidation sites excluding steroid dienone is 1. The third-order valence-corrected chi connectivity index (χ3v) is 17.2. The Morgan fingerprint density at radius 3 is 2.23 bits per heavy atom. The fourth-order valence-corrected chi connectivity index (χ4v) is 13.6. The Hall–Kier alpha value is -4.41. The number of aliphatic carboxylic acids is 1. The molecule has 8 unspecified atom stereocenters. The Bertz CT molecular complexity index is 2960. The number of hydrogen-bond acceptors (Lipinski definition) is 11. The molecule has 71 heavy (non-hydrogen) atoms. The van der Waals surface area contributed by atoms with E-state index in [1.54, 1.807) is 12.1 Å². The first-order valence-electron chi connectivity index (χ1n) is 25.3. The Balaban J connectivity index is 0.863. The van der Waals surface area contributed by atoms with Gasteiger partial charge in [-0.15, -0.1) is 0 Å². The Morgan fingerprint density at radius 2 is 1.55 bits per heavy atom. The van der Waals surface area contributed by atoms with Gasteiger partial charge in [0.2, 0.25) is 0 Å². The van der Waals surface area contributed by atoms with Crippen LogP contribution in [0.3, 0.4) is 0 Å². The van der Waals surface area contributed by atoms with Crippen molar-refractivity contribution in [3.63, 3.8) is 0 Å². The van der Waals surface area contributed by atoms with E-state index in [0.717, 1.165) is 140 Å². The molecule has 10 rings (SSSR count). The summed E-state index contributed by atoms with van der Waals surface area (Å²) in [7, 11) is 0. The number of aliphatic hydroxyl groups is 1. The zero-order chi connectivity index (χ0) is 49.7. The Labute approximate surface area is 435 Å². The molecular formula is C53H63Cl4N11O3. The third-order valence-electron chi connectivity index (χ3n) is 16.1. The van der Waals surface area contributed by atoms with Crippen LogP contribution in [-0.2, 0) is 4.79 Å². The van der Waals surface area contributed by atoms with Crippen LogP contribution in [0.4, 0.5) is 5.82 Å². The lowest BCUT2D eigenvalue weighted by atomic mass is 9.74. The van der Waals surface area contributed by atoms with Gasteiger partial charge < -0.3 is 20.0 Å². The summed E-state index contributed by atoms with van der Waals surface area (Å²) in [4.78, 5) is 38.9. The zero-order valence-corrected chi connectivity index (χ0v) is 43.9. The number of piperidine rings is 2. The number of hydrogen-bond donors (Lipinski definition) is 2. The minimum Gasteiger partial charge on any atom is -0.481 e. The second kappa shape index (κ2) is 21.2. The van der Waals surface area contributed by atoms with E-state index in [1.165, 1.54) is 6.42 Å². The normalized spacial score (nSPS) is 24.5. The van der Waals surface area contributed by atoms with Gasteiger partial charge in [0, 0.05) is 64.9 Å². The van der Waals surface area contributed by atoms with Crippen LogP contribution in [0.5, 0.6) is 0 Å². The SMILES string of the molecule is Cc1nn(C(C)c2ccc(Cl)cc2Cl)c2nc(C3=CCC(N4CC(CC(c5ccc(Cl)cc5Cl)n5nc(C)c6ncc(N7CCC(C8CCCN(CCC(=O)O)C8)C(C)C7)nc65)CC4CO)CC3)cnc12. The van der Waals surface area contributed by atoms with E-state index in [1.807, 2.05) is 59.9 Å². The first-order chi connectivity index (χ1) is 34.2. The van der Waals surface area contributed by atoms with Crippen LogP contribution in [-0.4, -0.2) is 123 Å². The number of anilines is 1. The van der Waals surface area contributed by atoms with Gasteiger partial charge >= 0.3 is 5.97 Å². The summed E-state index contributed by atoms with van der Waals surface area (Å²) in [6, 6.07) is 11.1. The highest BCUT2D eigenvalue weighted by molar-refractivity contribution is 6.35. The molecule has 3 fully saturated rings. The molecule has 8 atom stereocenters. The first kappa shape index (κ1) is 50.1. The fourth-order valence-electron chi connectivity index (χ4n) is 12.5. The number of carboxylic acids is 1. The highest BCUT2D eigenvalue weighted by Gasteiger charge is 2.40. The van der Waals surface area contributed by atoms with Crippen LogP contribution in [0.1, 0.15) is 112 Å². The summed E-state index contributed by atoms with van der Waals surface area (Å²) in [5.74, 6) is 1.93. The molecule has 0 bridgehead atoms. The van der Waals surface area contributed by atoms with Crippen molar-refractivity contribution in [1.29, 1.82) is 0 Å². The van der Waals surface area contributed by atoms with Gasteiger partial charge in [0.25, 0.3) is 0 Å². The Morgan fingerprint density at radius 1 is 0.845 bits per heavy atom. The van der Waals surface area contributed by atoms with E-state index in [-0.39, 0.29) is 43.1 Å². The molecule has 0 spiro atoms. The summed E-state index contributed by atoms with van der Waals surface area (Å²) < 4.78 is 3.95. The molecule has 3 saturated heterocycles. The number of carbonyl (C=O) groups is 1. The van der Waals surface area contributed by atoms with Gasteiger partial charge in [-0.25, -0.2) is 29.3 Å². The third kappa shape index (κ3) is 10.4. The van der Waals surface area contributed by atoms with Gasteiger partial charge in [-0.05, 0) is 143 Å². The van der Waals surface area contributed by atoms with Gasteiger partial charge in [0.1, 0.15) is 16.9 Å². The van der Waals surface area contributed by atoms with Gasteiger partial charge in [0.05, 0.1) is 54.6 Å². The van der Waals surface area contributed by atoms with Crippen molar-refractivity contribution < 1.29 is 15.0 Å². The predicted molar refractivity (Wildman–Crippen MR) is 282 cm³/mol. The quantitative estimate of drug-likeness (QED) is 0.107. The van der Waals surface area contributed by atoms with Gasteiger partial charge in [-0.1, -0.05) is 71.5 Å². The second-order valence-electron chi connectivity index (χ2n) is 20.7. The van der Waals surface area contributed by atoms with Crippen LogP contribution >= 0.6 is 46.4 Å². The maximum atomic E-state index is 11.3. The summed E-state index contributed by atoms with van der Waals surface area (Å²) >= 11 is 26.5. The zero-order valence-electron chi connectivity index (χ0n) is 40.9. The van der Waals surface area contributed by atoms with E-state index in [9.17, 15) is 15.0 Å². The molecule has 18 heteroatoms. The standard InChI is InChI=1S/C53H63Cl4N11O3/c1-30-26-65(19-15-41(30)36-6-5-17-64(28-36)18-16-49(70)71)48-25-59-51-32(3)63-68(53(51)61-48)47(43-14-10-38(55)23-45(43)57)21-34-20-40(29-69)66(27-34)39-11-7-35(8-12-39)46-24-58-50-31(2)62-67(52(50)60-46)33(4)42-13-9-37(54)22-44(42)56/h7,9-10,13-14,22-25,30,33-34,36,39-41,47,69H,5-6,8,11-12,15-21,26-29H2,1-4H3,(H,70,71). The van der Waals surface area contributed by atoms with Crippen molar-refractivity contribution in [2.24, 2.45) is 23.7 Å². The summed E-state index contributed by atoms with van der Waals surface area (Å²) in [5.41, 5.74) is 8.45. The number of nitrogens with zero attached hydrogens (tertiary/aromatic N) is 11. The molecule has 1 aliphatic carbocycles. The van der Waals surface area contributed by atoms with Crippen LogP contribution in [0.25, 0.3) is 27.9 Å². The van der Waals surface area contributed by atoms with Gasteiger partial charge in [0.15, 0.2) is 11.3 Å². The predicted octanol–water partition coefficient (Wildman–Crippen LogP) is 10.8. The Kier molecular flexibility index (Phi) is 15.0. The first-order valence-corrected chi connectivity index (χ1v) is 26.8. The van der Waals surface area contributed by atoms with E-state index in [0.29, 0.717) is 44.4 Å². The smallest absolute Gasteiger partial charge is 0.304 e. The van der Waals surface area contributed by atoms with Crippen molar-refractivity contribution in [1.82, 2.24) is 49.3 Å². The summed E-state index contributed by atoms with van der Waals surface area (Å²) in [5, 5.41) is 32.5. The average Bonchev–Trinajstić information content (AvgIpc) is 4.04. The lowest BCUT2D eigenvalue weighted by Gasteiger charge is -2.44. The van der Waals surface area contributed by atoms with Crippen LogP contribution in [0.2, 0.25) is 20.1 Å². The molecule has 0 radical (unpaired) electrons. The molecule has 7 heterocycles. The number of likely N-dealkylation sites (tertiary alicyclic amines) is 2. The van der Waals surface area contributed by atoms with Crippen LogP contribution in [0, 0.1) is 37.5 Å². The molecule has 2 aromatic carbocycles. The number of aromatic nitrogens is 8. The molecule has 0 amide bonds. The number of aryl methyl sites for hydroxylation is 2. The fraction of sp³-hybridized carbons (Fsp3) is 0.528. The maximum Gasteiger partial charge on any atom is 0.304 e. The lowest BCUT2D eigenvalue weighted by Crippen LogP contribution is -2.47. The van der Waals surface area contributed by atoms with Crippen molar-refractivity contribution >= 4 is 86.1 Å². The van der Waals surface area contributed by atoms with Crippen molar-refractivity contribution in [2.75, 3.05) is 50.8 Å². The van der Waals surface area contributed by atoms with E-state index < -0.39 is 5.97 Å². The monoisotopic (exact) mass is 1040 g/mol. The van der Waals surface area contributed by atoms with Crippen molar-refractivity contribution in [2.45, 2.75) is 110 Å². The van der Waals surface area contributed by atoms with E-state index in [2.05, 4.69) is 34.6 Å². The summed E-state index contributed by atoms with van der Waals surface area (Å²) in [6.07, 6.45) is 13.8. The number of carboxylic acid groups (broad SMARTS) is 1. The molecule has 0 saturated carbocycles. The molecule has 14 nitrogen and oxygen atoms in total. The number of rotatable bonds is 14. The molecule has 3 aliphatic heterocycles. The van der Waals surface area contributed by atoms with Crippen LogP contribution in [0.15, 0.2) is 54.9 Å². The van der Waals surface area contributed by atoms with E-state index in [4.69, 9.17) is 76.5 Å². The number of aliphatic hydroxyl groups excluding tert-OH is 1. The second-order valence-corrected chi connectivity index (χ2v) is 22.3. The molecule has 6 aromatic rings. The molecule has 4 aliphatic rings. The largest absolute Gasteiger partial charge is 0.481 e. The highest BCUT2D eigenvalue weighted by atomic mass is 35.5. The molecule has 376 valence electrons. The summed E-state index contributed by atoms with van der Waals surface area (Å²) in [6.45, 7) is 13.6. The lowest BCUT2D eigenvalue weighted by molar-refractivity contribution is -0.137. The number of benzene rings is 2. The number of halogens is 4. The minimum absolute atomic E-state index is 0.0183. The highest BCUT2D eigenvalue weighted by Crippen LogP contribution is 2.42. The van der Waals surface area contributed by atoms with Crippen molar-refractivity contribution in [3.05, 3.63) is 103 Å².